The normalized spacial score (nSPS) is 10.6. The molecule has 32 heavy (non-hydrogen) atoms. The summed E-state index contributed by atoms with van der Waals surface area (Å²) in [6.45, 7) is 0.215. The number of aliphatic carboxylic acids is 1. The number of aromatic nitrogens is 2. The molecule has 0 fully saturated rings. The number of hydrogen-bond donors (Lipinski definition) is 3. The Kier molecular flexibility index (Phi) is 7.96. The van der Waals surface area contributed by atoms with Gasteiger partial charge in [-0.3, -0.25) is 10.1 Å². The Morgan fingerprint density at radius 1 is 1.25 bits per heavy atom. The molecule has 2 amide bonds. The zero-order valence-corrected chi connectivity index (χ0v) is 18.6. The number of halogens is 2. The summed E-state index contributed by atoms with van der Waals surface area (Å²) in [6.07, 6.45) is 0.451. The highest BCUT2D eigenvalue weighted by atomic mass is 35.5. The highest BCUT2D eigenvalue weighted by Crippen LogP contribution is 2.36. The number of rotatable bonds is 9. The molecule has 0 unspecified atom stereocenters. The van der Waals surface area contributed by atoms with E-state index in [2.05, 4.69) is 20.8 Å². The lowest BCUT2D eigenvalue weighted by Crippen LogP contribution is -2.29. The fourth-order valence-corrected chi connectivity index (χ4v) is 3.89. The first-order valence-electron chi connectivity index (χ1n) is 9.57. The number of nitrogens with one attached hydrogen (secondary N) is 2. The largest absolute Gasteiger partial charge is 0.496 e. The molecule has 0 atom stereocenters. The zero-order valence-electron chi connectivity index (χ0n) is 17.0. The Bertz CT molecular complexity index is 1120. The van der Waals surface area contributed by atoms with Crippen LogP contribution in [0.15, 0.2) is 36.4 Å². The topological polar surface area (TPSA) is 113 Å². The van der Waals surface area contributed by atoms with Crippen LogP contribution in [0.3, 0.4) is 0 Å². The molecule has 1 aromatic heterocycles. The van der Waals surface area contributed by atoms with Gasteiger partial charge in [0, 0.05) is 24.4 Å². The van der Waals surface area contributed by atoms with Crippen LogP contribution in [0.4, 0.5) is 14.3 Å². The monoisotopic (exact) mass is 478 g/mol. The highest BCUT2D eigenvalue weighted by Gasteiger charge is 2.18. The Labute approximate surface area is 192 Å². The van der Waals surface area contributed by atoms with Crippen molar-refractivity contribution in [1.29, 1.82) is 0 Å². The number of carboxylic acids is 1. The molecule has 3 rings (SSSR count). The molecule has 8 nitrogen and oxygen atoms in total. The van der Waals surface area contributed by atoms with E-state index < -0.39 is 17.8 Å². The van der Waals surface area contributed by atoms with E-state index in [0.29, 0.717) is 38.9 Å². The molecule has 0 radical (unpaired) electrons. The number of methoxy groups -OCH3 is 1. The van der Waals surface area contributed by atoms with Gasteiger partial charge in [0.2, 0.25) is 5.13 Å². The predicted octanol–water partition coefficient (Wildman–Crippen LogP) is 4.58. The maximum atomic E-state index is 15.4. The van der Waals surface area contributed by atoms with Crippen LogP contribution in [0.25, 0.3) is 11.1 Å². The van der Waals surface area contributed by atoms with Crippen LogP contribution in [0.2, 0.25) is 5.02 Å². The third-order valence-electron chi connectivity index (χ3n) is 4.40. The molecule has 0 aliphatic carbocycles. The molecular weight excluding hydrogens is 459 g/mol. The van der Waals surface area contributed by atoms with Gasteiger partial charge in [0.05, 0.1) is 12.7 Å². The molecule has 0 spiro atoms. The molecule has 0 aliphatic rings. The van der Waals surface area contributed by atoms with E-state index >= 15 is 4.39 Å². The minimum absolute atomic E-state index is 0.0339. The van der Waals surface area contributed by atoms with Crippen molar-refractivity contribution >= 4 is 40.1 Å². The number of ether oxygens (including phenoxy) is 1. The van der Waals surface area contributed by atoms with Crippen molar-refractivity contribution in [2.24, 2.45) is 0 Å². The number of anilines is 1. The lowest BCUT2D eigenvalue weighted by Gasteiger charge is -2.13. The van der Waals surface area contributed by atoms with E-state index in [1.807, 2.05) is 0 Å². The Hall–Kier alpha value is -3.24. The second kappa shape index (κ2) is 10.9. The first kappa shape index (κ1) is 23.4. The number of carbonyl (C=O) groups is 2. The Morgan fingerprint density at radius 3 is 2.78 bits per heavy atom. The summed E-state index contributed by atoms with van der Waals surface area (Å²) in [7, 11) is 1.47. The number of carbonyl (C=O) groups excluding carboxylic acids is 1. The quantitative estimate of drug-likeness (QED) is 0.388. The van der Waals surface area contributed by atoms with E-state index in [0.717, 1.165) is 11.3 Å². The van der Waals surface area contributed by atoms with Crippen molar-refractivity contribution in [3.8, 4) is 16.9 Å². The summed E-state index contributed by atoms with van der Waals surface area (Å²) < 4.78 is 20.7. The maximum absolute atomic E-state index is 15.4. The van der Waals surface area contributed by atoms with E-state index in [9.17, 15) is 9.59 Å². The van der Waals surface area contributed by atoms with Gasteiger partial charge in [-0.25, -0.2) is 9.18 Å². The Balaban J connectivity index is 1.70. The first-order valence-corrected chi connectivity index (χ1v) is 10.8. The zero-order chi connectivity index (χ0) is 23.1. The van der Waals surface area contributed by atoms with Crippen LogP contribution in [0.1, 0.15) is 23.4 Å². The smallest absolute Gasteiger partial charge is 0.321 e. The van der Waals surface area contributed by atoms with Gasteiger partial charge in [-0.1, -0.05) is 41.1 Å². The third kappa shape index (κ3) is 6.14. The number of hydrogen-bond acceptors (Lipinski definition) is 6. The highest BCUT2D eigenvalue weighted by molar-refractivity contribution is 7.15. The van der Waals surface area contributed by atoms with Gasteiger partial charge < -0.3 is 15.2 Å². The van der Waals surface area contributed by atoms with Gasteiger partial charge in [-0.05, 0) is 35.7 Å². The van der Waals surface area contributed by atoms with E-state index in [-0.39, 0.29) is 24.5 Å². The summed E-state index contributed by atoms with van der Waals surface area (Å²) in [5.41, 5.74) is 1.28. The molecule has 1 heterocycles. The van der Waals surface area contributed by atoms with Crippen LogP contribution < -0.4 is 15.4 Å². The average Bonchev–Trinajstić information content (AvgIpc) is 3.19. The van der Waals surface area contributed by atoms with Gasteiger partial charge in [0.15, 0.2) is 0 Å². The lowest BCUT2D eigenvalue weighted by atomic mass is 9.99. The van der Waals surface area contributed by atoms with Gasteiger partial charge in [0.25, 0.3) is 0 Å². The Morgan fingerprint density at radius 2 is 2.06 bits per heavy atom. The van der Waals surface area contributed by atoms with Crippen LogP contribution in [0, 0.1) is 5.82 Å². The summed E-state index contributed by atoms with van der Waals surface area (Å²) in [6, 6.07) is 9.63. The summed E-state index contributed by atoms with van der Waals surface area (Å²) in [5, 5.41) is 22.8. The van der Waals surface area contributed by atoms with Crippen molar-refractivity contribution in [2.45, 2.75) is 19.3 Å². The van der Waals surface area contributed by atoms with E-state index in [4.69, 9.17) is 21.4 Å². The van der Waals surface area contributed by atoms with Gasteiger partial charge in [-0.15, -0.1) is 10.2 Å². The number of nitrogens with zero attached hydrogens (tertiary/aromatic N) is 2. The van der Waals surface area contributed by atoms with E-state index in [1.54, 1.807) is 36.4 Å². The van der Waals surface area contributed by atoms with Crippen molar-refractivity contribution in [3.05, 3.63) is 57.8 Å². The number of urea groups is 1. The second-order valence-electron chi connectivity index (χ2n) is 6.68. The van der Waals surface area contributed by atoms with Gasteiger partial charge >= 0.3 is 12.0 Å². The van der Waals surface area contributed by atoms with Crippen molar-refractivity contribution in [2.75, 3.05) is 19.0 Å². The SMILES string of the molecule is COc1ccc(Cc2nnc(NC(=O)NCCCC(=O)O)s2)c(F)c1-c1cccc(Cl)c1. The number of benzene rings is 2. The standard InChI is InChI=1S/C21H20ClFN4O4S/c1-31-15-8-7-13(19(23)18(15)12-4-2-5-14(22)10-12)11-16-26-27-21(32-16)25-20(30)24-9-3-6-17(28)29/h2,4-5,7-8,10H,3,6,9,11H2,1H3,(H,28,29)(H2,24,25,27,30). The van der Waals surface area contributed by atoms with Gasteiger partial charge in [0.1, 0.15) is 16.6 Å². The van der Waals surface area contributed by atoms with Crippen LogP contribution in [-0.4, -0.2) is 41.0 Å². The van der Waals surface area contributed by atoms with Gasteiger partial charge in [-0.2, -0.15) is 0 Å². The molecule has 0 bridgehead atoms. The lowest BCUT2D eigenvalue weighted by molar-refractivity contribution is -0.137. The van der Waals surface area contributed by atoms with Crippen molar-refractivity contribution in [1.82, 2.24) is 15.5 Å². The first-order chi connectivity index (χ1) is 15.4. The molecular formula is C21H20ClFN4O4S. The van der Waals surface area contributed by atoms with Crippen LogP contribution in [0.5, 0.6) is 5.75 Å². The molecule has 0 saturated heterocycles. The fourth-order valence-electron chi connectivity index (χ4n) is 2.94. The molecule has 3 N–H and O–H groups in total. The van der Waals surface area contributed by atoms with Crippen molar-refractivity contribution < 1.29 is 23.8 Å². The maximum Gasteiger partial charge on any atom is 0.321 e. The third-order valence-corrected chi connectivity index (χ3v) is 5.47. The average molecular weight is 479 g/mol. The van der Waals surface area contributed by atoms with Crippen LogP contribution >= 0.6 is 22.9 Å². The van der Waals surface area contributed by atoms with Crippen molar-refractivity contribution in [3.63, 3.8) is 0 Å². The van der Waals surface area contributed by atoms with Crippen LogP contribution in [-0.2, 0) is 11.2 Å². The number of carboxylic acid groups (broad SMARTS) is 1. The number of amides is 2. The van der Waals surface area contributed by atoms with E-state index in [1.165, 1.54) is 7.11 Å². The molecule has 3 aromatic rings. The summed E-state index contributed by atoms with van der Waals surface area (Å²) in [5.74, 6) is -0.995. The minimum Gasteiger partial charge on any atom is -0.496 e. The molecule has 0 aliphatic heterocycles. The predicted molar refractivity (Wildman–Crippen MR) is 120 cm³/mol. The summed E-state index contributed by atoms with van der Waals surface area (Å²) >= 11 is 7.18. The minimum atomic E-state index is -0.926. The molecule has 168 valence electrons. The molecule has 2 aromatic carbocycles. The second-order valence-corrected chi connectivity index (χ2v) is 8.18. The molecule has 0 saturated carbocycles. The summed E-state index contributed by atoms with van der Waals surface area (Å²) in [4.78, 5) is 22.3. The molecule has 11 heteroatoms. The fraction of sp³-hybridized carbons (Fsp3) is 0.238.